The van der Waals surface area contributed by atoms with Gasteiger partial charge in [0.05, 0.1) is 19.4 Å². The van der Waals surface area contributed by atoms with Crippen LogP contribution in [0.3, 0.4) is 0 Å². The van der Waals surface area contributed by atoms with Gasteiger partial charge < -0.3 is 15.2 Å². The third-order valence-electron chi connectivity index (χ3n) is 4.12. The number of nitrogen functional groups attached to an aromatic ring is 1. The van der Waals surface area contributed by atoms with Gasteiger partial charge in [0.1, 0.15) is 17.0 Å². The van der Waals surface area contributed by atoms with Crippen LogP contribution in [-0.4, -0.2) is 19.7 Å². The maximum Gasteiger partial charge on any atom is 0.341 e. The molecule has 7 heteroatoms. The molecule has 1 aliphatic carbocycles. The number of benzene rings is 1. The molecule has 132 valence electrons. The highest BCUT2D eigenvalue weighted by atomic mass is 32.1. The molecule has 0 fully saturated rings. The lowest BCUT2D eigenvalue weighted by Gasteiger charge is -2.11. The van der Waals surface area contributed by atoms with Crippen LogP contribution in [0.5, 0.6) is 5.75 Å². The minimum absolute atomic E-state index is 0.325. The van der Waals surface area contributed by atoms with E-state index < -0.39 is 0 Å². The van der Waals surface area contributed by atoms with E-state index in [1.165, 1.54) is 16.2 Å². The smallest absolute Gasteiger partial charge is 0.341 e. The number of hydrogen-bond acceptors (Lipinski definition) is 7. The summed E-state index contributed by atoms with van der Waals surface area (Å²) < 4.78 is 10.4. The molecule has 2 N–H and O–H groups in total. The number of hydrogen-bond donors (Lipinski definition) is 1. The number of nitrogens with zero attached hydrogens (tertiary/aromatic N) is 2. The minimum Gasteiger partial charge on any atom is -0.497 e. The standard InChI is InChI=1S/C18H21N3O3S/c1-3-24-18(22)16-12-6-4-5-7-15(12)25-17(16)21-20-14-10-11(23-2)8-9-13(14)19/h8-10H,3-7,19H2,1-2H3. The second kappa shape index (κ2) is 7.65. The molecule has 0 spiro atoms. The van der Waals surface area contributed by atoms with Gasteiger partial charge in [0, 0.05) is 10.9 Å². The summed E-state index contributed by atoms with van der Waals surface area (Å²) in [5, 5.41) is 9.17. The summed E-state index contributed by atoms with van der Waals surface area (Å²) >= 11 is 1.52. The van der Waals surface area contributed by atoms with E-state index in [1.54, 1.807) is 32.2 Å². The first-order valence-electron chi connectivity index (χ1n) is 8.31. The van der Waals surface area contributed by atoms with Gasteiger partial charge in [0.15, 0.2) is 5.00 Å². The van der Waals surface area contributed by atoms with E-state index in [1.807, 2.05) is 0 Å². The van der Waals surface area contributed by atoms with E-state index in [0.29, 0.717) is 34.3 Å². The van der Waals surface area contributed by atoms with Gasteiger partial charge in [-0.2, -0.15) is 0 Å². The average molecular weight is 359 g/mol. The Kier molecular flexibility index (Phi) is 5.33. The molecule has 0 unspecified atom stereocenters. The SMILES string of the molecule is CCOC(=O)c1c(N=Nc2cc(OC)ccc2N)sc2c1CCCC2. The van der Waals surface area contributed by atoms with E-state index >= 15 is 0 Å². The molecule has 0 saturated carbocycles. The van der Waals surface area contributed by atoms with Crippen LogP contribution in [0.2, 0.25) is 0 Å². The van der Waals surface area contributed by atoms with Crippen LogP contribution in [0.25, 0.3) is 0 Å². The molecule has 1 aromatic heterocycles. The van der Waals surface area contributed by atoms with E-state index in [4.69, 9.17) is 15.2 Å². The quantitative estimate of drug-likeness (QED) is 0.471. The Morgan fingerprint density at radius 2 is 2.08 bits per heavy atom. The summed E-state index contributed by atoms with van der Waals surface area (Å²) in [6.45, 7) is 2.14. The average Bonchev–Trinajstić information content (AvgIpc) is 2.99. The van der Waals surface area contributed by atoms with Crippen LogP contribution in [0, 0.1) is 0 Å². The lowest BCUT2D eigenvalue weighted by atomic mass is 9.95. The molecular formula is C18H21N3O3S. The maximum atomic E-state index is 12.4. The van der Waals surface area contributed by atoms with E-state index in [2.05, 4.69) is 10.2 Å². The molecule has 1 aliphatic rings. The number of aryl methyl sites for hydroxylation is 1. The monoisotopic (exact) mass is 359 g/mol. The van der Waals surface area contributed by atoms with Gasteiger partial charge in [-0.25, -0.2) is 4.79 Å². The van der Waals surface area contributed by atoms with Crippen LogP contribution in [-0.2, 0) is 17.6 Å². The van der Waals surface area contributed by atoms with E-state index in [-0.39, 0.29) is 5.97 Å². The fourth-order valence-electron chi connectivity index (χ4n) is 2.87. The van der Waals surface area contributed by atoms with Crippen LogP contribution < -0.4 is 10.5 Å². The van der Waals surface area contributed by atoms with Crippen molar-refractivity contribution in [2.24, 2.45) is 10.2 Å². The number of fused-ring (bicyclic) bond motifs is 1. The van der Waals surface area contributed by atoms with Gasteiger partial charge in [-0.1, -0.05) is 0 Å². The third kappa shape index (κ3) is 3.66. The lowest BCUT2D eigenvalue weighted by molar-refractivity contribution is 0.0526. The largest absolute Gasteiger partial charge is 0.497 e. The fraction of sp³-hybridized carbons (Fsp3) is 0.389. The van der Waals surface area contributed by atoms with Crippen molar-refractivity contribution in [2.75, 3.05) is 19.5 Å². The van der Waals surface area contributed by atoms with Crippen molar-refractivity contribution in [2.45, 2.75) is 32.6 Å². The van der Waals surface area contributed by atoms with Gasteiger partial charge >= 0.3 is 5.97 Å². The van der Waals surface area contributed by atoms with Crippen LogP contribution in [0.4, 0.5) is 16.4 Å². The highest BCUT2D eigenvalue weighted by Gasteiger charge is 2.26. The normalized spacial score (nSPS) is 13.7. The molecule has 0 atom stereocenters. The molecule has 3 rings (SSSR count). The molecule has 0 saturated heterocycles. The number of methoxy groups -OCH3 is 1. The number of nitrogens with two attached hydrogens (primary N) is 1. The molecule has 1 heterocycles. The minimum atomic E-state index is -0.325. The van der Waals surface area contributed by atoms with Crippen molar-refractivity contribution in [1.82, 2.24) is 0 Å². The Balaban J connectivity index is 1.99. The Morgan fingerprint density at radius 3 is 2.84 bits per heavy atom. The number of carbonyl (C=O) groups excluding carboxylic acids is 1. The molecule has 6 nitrogen and oxygen atoms in total. The molecule has 2 aromatic rings. The number of esters is 1. The second-order valence-electron chi connectivity index (χ2n) is 5.74. The van der Waals surface area contributed by atoms with Crippen molar-refractivity contribution < 1.29 is 14.3 Å². The first-order valence-corrected chi connectivity index (χ1v) is 9.12. The number of anilines is 1. The van der Waals surface area contributed by atoms with Gasteiger partial charge in [-0.15, -0.1) is 21.6 Å². The Bertz CT molecular complexity index is 814. The number of thiophene rings is 1. The summed E-state index contributed by atoms with van der Waals surface area (Å²) in [4.78, 5) is 13.6. The predicted molar refractivity (Wildman–Crippen MR) is 98.5 cm³/mol. The zero-order chi connectivity index (χ0) is 17.8. The second-order valence-corrected chi connectivity index (χ2v) is 6.82. The fourth-order valence-corrected chi connectivity index (χ4v) is 4.07. The van der Waals surface area contributed by atoms with Crippen LogP contribution >= 0.6 is 11.3 Å². The molecule has 0 bridgehead atoms. The topological polar surface area (TPSA) is 86.3 Å². The summed E-state index contributed by atoms with van der Waals surface area (Å²) in [5.41, 5.74) is 8.60. The Morgan fingerprint density at radius 1 is 1.28 bits per heavy atom. The number of ether oxygens (including phenoxy) is 2. The van der Waals surface area contributed by atoms with Crippen molar-refractivity contribution in [3.8, 4) is 5.75 Å². The van der Waals surface area contributed by atoms with Crippen molar-refractivity contribution in [3.63, 3.8) is 0 Å². The summed E-state index contributed by atoms with van der Waals surface area (Å²) in [6, 6.07) is 5.21. The number of carbonyl (C=O) groups is 1. The predicted octanol–water partition coefficient (Wildman–Crippen LogP) is 4.81. The maximum absolute atomic E-state index is 12.4. The van der Waals surface area contributed by atoms with Crippen molar-refractivity contribution in [1.29, 1.82) is 0 Å². The highest BCUT2D eigenvalue weighted by Crippen LogP contribution is 2.41. The summed E-state index contributed by atoms with van der Waals surface area (Å²) in [5.74, 6) is 0.328. The van der Waals surface area contributed by atoms with Gasteiger partial charge in [-0.05, 0) is 50.3 Å². The zero-order valence-corrected chi connectivity index (χ0v) is 15.2. The zero-order valence-electron chi connectivity index (χ0n) is 14.4. The third-order valence-corrected chi connectivity index (χ3v) is 5.29. The molecule has 1 aromatic carbocycles. The van der Waals surface area contributed by atoms with Crippen molar-refractivity contribution >= 4 is 33.7 Å². The lowest BCUT2D eigenvalue weighted by Crippen LogP contribution is -2.09. The molecule has 0 amide bonds. The van der Waals surface area contributed by atoms with Crippen LogP contribution in [0.15, 0.2) is 28.4 Å². The van der Waals surface area contributed by atoms with Crippen LogP contribution in [0.1, 0.15) is 40.6 Å². The Labute approximate surface area is 150 Å². The Hall–Kier alpha value is -2.41. The van der Waals surface area contributed by atoms with Crippen molar-refractivity contribution in [3.05, 3.63) is 34.2 Å². The first kappa shape index (κ1) is 17.4. The summed E-state index contributed by atoms with van der Waals surface area (Å²) in [7, 11) is 1.58. The first-order chi connectivity index (χ1) is 12.1. The number of rotatable bonds is 5. The molecular weight excluding hydrogens is 338 g/mol. The highest BCUT2D eigenvalue weighted by molar-refractivity contribution is 7.16. The van der Waals surface area contributed by atoms with Gasteiger partial charge in [0.2, 0.25) is 0 Å². The van der Waals surface area contributed by atoms with Gasteiger partial charge in [-0.3, -0.25) is 0 Å². The van der Waals surface area contributed by atoms with E-state index in [0.717, 1.165) is 31.2 Å². The number of azo groups is 1. The summed E-state index contributed by atoms with van der Waals surface area (Å²) in [6.07, 6.45) is 4.07. The van der Waals surface area contributed by atoms with E-state index in [9.17, 15) is 4.79 Å². The molecule has 0 aliphatic heterocycles. The molecule has 0 radical (unpaired) electrons. The van der Waals surface area contributed by atoms with Gasteiger partial charge in [0.25, 0.3) is 0 Å². The molecule has 25 heavy (non-hydrogen) atoms.